The van der Waals surface area contributed by atoms with Crippen LogP contribution in [0.2, 0.25) is 0 Å². The average Bonchev–Trinajstić information content (AvgIpc) is 2.49. The number of likely N-dealkylation sites (tertiary alicyclic amines) is 1. The van der Waals surface area contributed by atoms with Gasteiger partial charge in [-0.25, -0.2) is 0 Å². The van der Waals surface area contributed by atoms with E-state index in [0.717, 1.165) is 13.0 Å². The fourth-order valence-corrected chi connectivity index (χ4v) is 3.81. The number of hydrogen-bond acceptors (Lipinski definition) is 3. The minimum absolute atomic E-state index is 0. The monoisotopic (exact) mass is 331 g/mol. The number of carbonyl (C=O) groups excluding carboxylic acids is 1. The van der Waals surface area contributed by atoms with Crippen LogP contribution in [0.3, 0.4) is 0 Å². The van der Waals surface area contributed by atoms with Crippen LogP contribution in [-0.4, -0.2) is 42.5 Å². The van der Waals surface area contributed by atoms with Crippen LogP contribution in [0.25, 0.3) is 0 Å². The summed E-state index contributed by atoms with van der Waals surface area (Å²) in [6.45, 7) is 5.41. The molecule has 2 fully saturated rings. The van der Waals surface area contributed by atoms with Gasteiger partial charge in [0.2, 0.25) is 5.91 Å². The fourth-order valence-electron chi connectivity index (χ4n) is 3.81. The molecule has 2 unspecified atom stereocenters. The van der Waals surface area contributed by atoms with E-state index in [9.17, 15) is 4.79 Å². The molecule has 0 spiro atoms. The summed E-state index contributed by atoms with van der Waals surface area (Å²) in [4.78, 5) is 14.7. The Balaban J connectivity index is 0.00000242. The lowest BCUT2D eigenvalue weighted by Crippen LogP contribution is -2.49. The quantitative estimate of drug-likeness (QED) is 0.786. The van der Waals surface area contributed by atoms with Gasteiger partial charge in [-0.3, -0.25) is 4.79 Å². The zero-order valence-corrected chi connectivity index (χ0v) is 14.9. The van der Waals surface area contributed by atoms with Gasteiger partial charge in [0, 0.05) is 12.6 Å². The molecule has 0 radical (unpaired) electrons. The molecule has 1 amide bonds. The summed E-state index contributed by atoms with van der Waals surface area (Å²) in [6.07, 6.45) is 11.3. The van der Waals surface area contributed by atoms with E-state index in [0.29, 0.717) is 5.92 Å². The lowest BCUT2D eigenvalue weighted by atomic mass is 9.85. The maximum absolute atomic E-state index is 12.2. The van der Waals surface area contributed by atoms with Crippen molar-refractivity contribution in [1.29, 1.82) is 0 Å². The molecule has 0 bridgehead atoms. The summed E-state index contributed by atoms with van der Waals surface area (Å²) in [5, 5.41) is 3.11. The highest BCUT2D eigenvalue weighted by Crippen LogP contribution is 2.26. The highest BCUT2D eigenvalue weighted by atomic mass is 35.5. The standard InChI is InChI=1S/C17H33N3O.ClH/c1-14(13-20-10-6-3-7-11-20)19-17(21)16(18)12-15-8-4-2-5-9-15;/h14-16H,2-13,18H2,1H3,(H,19,21);1H. The first-order valence-electron chi connectivity index (χ1n) is 8.93. The second-order valence-corrected chi connectivity index (χ2v) is 7.12. The minimum Gasteiger partial charge on any atom is -0.351 e. The normalized spacial score (nSPS) is 23.4. The third kappa shape index (κ3) is 6.84. The van der Waals surface area contributed by atoms with E-state index in [2.05, 4.69) is 17.1 Å². The summed E-state index contributed by atoms with van der Waals surface area (Å²) in [7, 11) is 0. The summed E-state index contributed by atoms with van der Waals surface area (Å²) in [6, 6.07) is -0.120. The SMILES string of the molecule is CC(CN1CCCCC1)NC(=O)C(N)CC1CCCCC1.Cl. The molecule has 1 saturated heterocycles. The van der Waals surface area contributed by atoms with Crippen molar-refractivity contribution in [3.05, 3.63) is 0 Å². The van der Waals surface area contributed by atoms with Gasteiger partial charge in [0.05, 0.1) is 6.04 Å². The summed E-state index contributed by atoms with van der Waals surface area (Å²) in [5.41, 5.74) is 6.10. The van der Waals surface area contributed by atoms with Gasteiger partial charge in [0.25, 0.3) is 0 Å². The Labute approximate surface area is 142 Å². The molecule has 0 aromatic heterocycles. The number of hydrogen-bond donors (Lipinski definition) is 2. The number of carbonyl (C=O) groups is 1. The van der Waals surface area contributed by atoms with E-state index in [4.69, 9.17) is 5.73 Å². The van der Waals surface area contributed by atoms with Crippen LogP contribution >= 0.6 is 12.4 Å². The molecule has 2 aliphatic rings. The van der Waals surface area contributed by atoms with Gasteiger partial charge < -0.3 is 16.0 Å². The zero-order valence-electron chi connectivity index (χ0n) is 14.1. The van der Waals surface area contributed by atoms with Gasteiger partial charge in [0.1, 0.15) is 0 Å². The van der Waals surface area contributed by atoms with Gasteiger partial charge in [-0.15, -0.1) is 12.4 Å². The van der Waals surface area contributed by atoms with Crippen LogP contribution in [0.15, 0.2) is 0 Å². The predicted octanol–water partition coefficient (Wildman–Crippen LogP) is 2.70. The molecular formula is C17H34ClN3O. The lowest BCUT2D eigenvalue weighted by Gasteiger charge is -2.30. The molecule has 22 heavy (non-hydrogen) atoms. The number of nitrogens with two attached hydrogens (primary N) is 1. The van der Waals surface area contributed by atoms with Crippen molar-refractivity contribution >= 4 is 18.3 Å². The van der Waals surface area contributed by atoms with Gasteiger partial charge in [-0.1, -0.05) is 38.5 Å². The van der Waals surface area contributed by atoms with Crippen LogP contribution in [0.4, 0.5) is 0 Å². The highest BCUT2D eigenvalue weighted by Gasteiger charge is 2.23. The van der Waals surface area contributed by atoms with Crippen molar-refractivity contribution in [2.45, 2.75) is 76.8 Å². The minimum atomic E-state index is -0.322. The highest BCUT2D eigenvalue weighted by molar-refractivity contribution is 5.85. The average molecular weight is 332 g/mol. The molecule has 0 aromatic rings. The lowest BCUT2D eigenvalue weighted by molar-refractivity contribution is -0.123. The fraction of sp³-hybridized carbons (Fsp3) is 0.941. The second kappa shape index (κ2) is 10.5. The number of amides is 1. The van der Waals surface area contributed by atoms with Crippen molar-refractivity contribution in [3.63, 3.8) is 0 Å². The summed E-state index contributed by atoms with van der Waals surface area (Å²) in [5.74, 6) is 0.710. The molecular weight excluding hydrogens is 298 g/mol. The maximum Gasteiger partial charge on any atom is 0.237 e. The van der Waals surface area contributed by atoms with Crippen LogP contribution in [-0.2, 0) is 4.79 Å². The maximum atomic E-state index is 12.2. The van der Waals surface area contributed by atoms with E-state index in [1.807, 2.05) is 0 Å². The van der Waals surface area contributed by atoms with E-state index >= 15 is 0 Å². The van der Waals surface area contributed by atoms with E-state index in [-0.39, 0.29) is 30.4 Å². The Morgan fingerprint density at radius 3 is 2.36 bits per heavy atom. The molecule has 2 rings (SSSR count). The molecule has 1 heterocycles. The Bertz CT molecular complexity index is 315. The number of halogens is 1. The van der Waals surface area contributed by atoms with E-state index < -0.39 is 0 Å². The largest absolute Gasteiger partial charge is 0.351 e. The Kier molecular flexibility index (Phi) is 9.37. The van der Waals surface area contributed by atoms with Crippen molar-refractivity contribution in [3.8, 4) is 0 Å². The molecule has 4 nitrogen and oxygen atoms in total. The second-order valence-electron chi connectivity index (χ2n) is 7.12. The number of piperidine rings is 1. The molecule has 1 saturated carbocycles. The Hall–Kier alpha value is -0.320. The third-order valence-corrected chi connectivity index (χ3v) is 5.02. The first kappa shape index (κ1) is 19.7. The number of nitrogens with one attached hydrogen (secondary N) is 1. The molecule has 130 valence electrons. The molecule has 1 aliphatic carbocycles. The third-order valence-electron chi connectivity index (χ3n) is 5.02. The van der Waals surface area contributed by atoms with Crippen LogP contribution in [0.1, 0.15) is 64.7 Å². The van der Waals surface area contributed by atoms with Gasteiger partial charge in [-0.2, -0.15) is 0 Å². The summed E-state index contributed by atoms with van der Waals surface area (Å²) < 4.78 is 0. The zero-order chi connectivity index (χ0) is 15.1. The predicted molar refractivity (Wildman–Crippen MR) is 94.3 cm³/mol. The Morgan fingerprint density at radius 2 is 1.73 bits per heavy atom. The Morgan fingerprint density at radius 1 is 1.14 bits per heavy atom. The first-order chi connectivity index (χ1) is 10.1. The number of rotatable bonds is 6. The topological polar surface area (TPSA) is 58.4 Å². The van der Waals surface area contributed by atoms with Crippen LogP contribution < -0.4 is 11.1 Å². The number of nitrogens with zero attached hydrogens (tertiary/aromatic N) is 1. The molecule has 5 heteroatoms. The molecule has 2 atom stereocenters. The van der Waals surface area contributed by atoms with Crippen LogP contribution in [0.5, 0.6) is 0 Å². The molecule has 0 aromatic carbocycles. The van der Waals surface area contributed by atoms with E-state index in [1.165, 1.54) is 64.5 Å². The first-order valence-corrected chi connectivity index (χ1v) is 8.93. The molecule has 1 aliphatic heterocycles. The van der Waals surface area contributed by atoms with Gasteiger partial charge in [-0.05, 0) is 45.2 Å². The van der Waals surface area contributed by atoms with Crippen molar-refractivity contribution in [2.75, 3.05) is 19.6 Å². The molecule has 3 N–H and O–H groups in total. The van der Waals surface area contributed by atoms with Gasteiger partial charge in [0.15, 0.2) is 0 Å². The van der Waals surface area contributed by atoms with Crippen molar-refractivity contribution < 1.29 is 4.79 Å². The summed E-state index contributed by atoms with van der Waals surface area (Å²) >= 11 is 0. The smallest absolute Gasteiger partial charge is 0.237 e. The van der Waals surface area contributed by atoms with Crippen molar-refractivity contribution in [1.82, 2.24) is 10.2 Å². The van der Waals surface area contributed by atoms with Crippen LogP contribution in [0, 0.1) is 5.92 Å². The van der Waals surface area contributed by atoms with Crippen molar-refractivity contribution in [2.24, 2.45) is 11.7 Å². The van der Waals surface area contributed by atoms with E-state index in [1.54, 1.807) is 0 Å². The van der Waals surface area contributed by atoms with Gasteiger partial charge >= 0.3 is 0 Å².